The minimum absolute atomic E-state index is 0.514. The molecule has 1 heterocycles. The second kappa shape index (κ2) is 6.74. The van der Waals surface area contributed by atoms with Crippen molar-refractivity contribution < 1.29 is 4.52 Å². The number of hydrogen-bond acceptors (Lipinski definition) is 4. The predicted molar refractivity (Wildman–Crippen MR) is 83.5 cm³/mol. The van der Waals surface area contributed by atoms with Gasteiger partial charge in [-0.25, -0.2) is 0 Å². The Labute approximate surface area is 126 Å². The Morgan fingerprint density at radius 2 is 2.00 bits per heavy atom. The Hall–Kier alpha value is -1.84. The van der Waals surface area contributed by atoms with Crippen molar-refractivity contribution >= 4 is 5.69 Å². The second-order valence-corrected chi connectivity index (χ2v) is 5.87. The van der Waals surface area contributed by atoms with Crippen LogP contribution in [-0.4, -0.2) is 16.7 Å². The highest BCUT2D eigenvalue weighted by Crippen LogP contribution is 2.30. The molecule has 1 aliphatic rings. The molecule has 3 rings (SSSR count). The molecular weight excluding hydrogens is 262 g/mol. The van der Waals surface area contributed by atoms with Crippen LogP contribution in [-0.2, 0) is 6.42 Å². The molecule has 0 bridgehead atoms. The van der Waals surface area contributed by atoms with Gasteiger partial charge < -0.3 is 9.84 Å². The average molecular weight is 285 g/mol. The van der Waals surface area contributed by atoms with Gasteiger partial charge in [-0.15, -0.1) is 0 Å². The van der Waals surface area contributed by atoms with Gasteiger partial charge in [0.25, 0.3) is 0 Å². The van der Waals surface area contributed by atoms with Crippen LogP contribution in [0.1, 0.15) is 55.3 Å². The van der Waals surface area contributed by atoms with Crippen LogP contribution in [0.15, 0.2) is 28.8 Å². The van der Waals surface area contributed by atoms with E-state index in [9.17, 15) is 0 Å². The zero-order chi connectivity index (χ0) is 14.5. The summed E-state index contributed by atoms with van der Waals surface area (Å²) in [6, 6.07) is 8.30. The van der Waals surface area contributed by atoms with Gasteiger partial charge in [0, 0.05) is 24.6 Å². The Kier molecular flexibility index (Phi) is 4.53. The van der Waals surface area contributed by atoms with Crippen molar-refractivity contribution in [1.82, 2.24) is 10.1 Å². The highest BCUT2D eigenvalue weighted by atomic mass is 16.5. The molecular formula is C17H23N3O. The van der Waals surface area contributed by atoms with E-state index >= 15 is 0 Å². The molecule has 0 radical (unpaired) electrons. The lowest BCUT2D eigenvalue weighted by Gasteiger charge is -2.17. The molecule has 4 nitrogen and oxygen atoms in total. The van der Waals surface area contributed by atoms with Gasteiger partial charge in [0.1, 0.15) is 0 Å². The van der Waals surface area contributed by atoms with E-state index < -0.39 is 0 Å². The van der Waals surface area contributed by atoms with Gasteiger partial charge >= 0.3 is 0 Å². The lowest BCUT2D eigenvalue weighted by molar-refractivity contribution is 0.359. The second-order valence-electron chi connectivity index (χ2n) is 5.87. The number of benzene rings is 1. The molecule has 2 aromatic rings. The Balaban J connectivity index is 1.52. The third-order valence-electron chi connectivity index (χ3n) is 4.25. The molecule has 1 aromatic carbocycles. The van der Waals surface area contributed by atoms with Crippen molar-refractivity contribution in [2.75, 3.05) is 11.9 Å². The summed E-state index contributed by atoms with van der Waals surface area (Å²) in [6.45, 7) is 2.92. The normalized spacial score (nSPS) is 16.0. The van der Waals surface area contributed by atoms with Crippen LogP contribution in [0, 0.1) is 6.92 Å². The number of rotatable bonds is 5. The molecule has 0 saturated heterocycles. The molecule has 0 unspecified atom stereocenters. The van der Waals surface area contributed by atoms with Gasteiger partial charge in [0.15, 0.2) is 5.82 Å². The summed E-state index contributed by atoms with van der Waals surface area (Å²) >= 11 is 0. The van der Waals surface area contributed by atoms with Crippen molar-refractivity contribution in [2.45, 2.75) is 51.4 Å². The van der Waals surface area contributed by atoms with Gasteiger partial charge in [-0.3, -0.25) is 0 Å². The molecule has 1 aromatic heterocycles. The van der Waals surface area contributed by atoms with E-state index in [-0.39, 0.29) is 0 Å². The maximum atomic E-state index is 5.38. The van der Waals surface area contributed by atoms with Crippen molar-refractivity contribution in [3.05, 3.63) is 41.5 Å². The lowest BCUT2D eigenvalue weighted by Crippen LogP contribution is -2.08. The van der Waals surface area contributed by atoms with E-state index in [0.29, 0.717) is 5.92 Å². The first-order valence-corrected chi connectivity index (χ1v) is 7.95. The Bertz CT molecular complexity index is 573. The minimum Gasteiger partial charge on any atom is -0.384 e. The number of aryl methyl sites for hydroxylation is 1. The summed E-state index contributed by atoms with van der Waals surface area (Å²) in [7, 11) is 0. The number of hydrogen-bond donors (Lipinski definition) is 1. The molecule has 112 valence electrons. The van der Waals surface area contributed by atoms with Crippen LogP contribution in [0.4, 0.5) is 5.69 Å². The SMILES string of the molecule is Cc1ccccc1NCCc1nc(C2CCCCC2)no1. The van der Waals surface area contributed by atoms with E-state index in [1.54, 1.807) is 0 Å². The summed E-state index contributed by atoms with van der Waals surface area (Å²) in [4.78, 5) is 4.57. The molecule has 1 saturated carbocycles. The van der Waals surface area contributed by atoms with Gasteiger partial charge in [-0.05, 0) is 31.4 Å². The first-order chi connectivity index (χ1) is 10.3. The fourth-order valence-electron chi connectivity index (χ4n) is 2.97. The summed E-state index contributed by atoms with van der Waals surface area (Å²) in [5.41, 5.74) is 2.43. The number of para-hydroxylation sites is 1. The van der Waals surface area contributed by atoms with Gasteiger partial charge in [0.05, 0.1) is 0 Å². The number of aromatic nitrogens is 2. The van der Waals surface area contributed by atoms with Crippen LogP contribution >= 0.6 is 0 Å². The quantitative estimate of drug-likeness (QED) is 0.899. The zero-order valence-electron chi connectivity index (χ0n) is 12.6. The monoisotopic (exact) mass is 285 g/mol. The molecule has 21 heavy (non-hydrogen) atoms. The van der Waals surface area contributed by atoms with Crippen molar-refractivity contribution in [1.29, 1.82) is 0 Å². The van der Waals surface area contributed by atoms with Crippen molar-refractivity contribution in [2.24, 2.45) is 0 Å². The third-order valence-corrected chi connectivity index (χ3v) is 4.25. The maximum absolute atomic E-state index is 5.38. The molecule has 0 spiro atoms. The van der Waals surface area contributed by atoms with Gasteiger partial charge in [-0.1, -0.05) is 42.6 Å². The number of nitrogens with zero attached hydrogens (tertiary/aromatic N) is 2. The Morgan fingerprint density at radius 3 is 2.81 bits per heavy atom. The van der Waals surface area contributed by atoms with E-state index in [1.807, 2.05) is 6.07 Å². The van der Waals surface area contributed by atoms with Crippen molar-refractivity contribution in [3.63, 3.8) is 0 Å². The van der Waals surface area contributed by atoms with Crippen LogP contribution < -0.4 is 5.32 Å². The fraction of sp³-hybridized carbons (Fsp3) is 0.529. The molecule has 1 N–H and O–H groups in total. The first kappa shape index (κ1) is 14.1. The molecule has 1 aliphatic carbocycles. The van der Waals surface area contributed by atoms with Crippen LogP contribution in [0.3, 0.4) is 0 Å². The van der Waals surface area contributed by atoms with Crippen LogP contribution in [0.5, 0.6) is 0 Å². The summed E-state index contributed by atoms with van der Waals surface area (Å²) in [5, 5.41) is 7.59. The Morgan fingerprint density at radius 1 is 1.19 bits per heavy atom. The van der Waals surface area contributed by atoms with Crippen LogP contribution in [0.25, 0.3) is 0 Å². The predicted octanol–water partition coefficient (Wildman–Crippen LogP) is 4.08. The van der Waals surface area contributed by atoms with Gasteiger partial charge in [0.2, 0.25) is 5.89 Å². The fourth-order valence-corrected chi connectivity index (χ4v) is 2.97. The zero-order valence-corrected chi connectivity index (χ0v) is 12.6. The average Bonchev–Trinajstić information content (AvgIpc) is 2.99. The first-order valence-electron chi connectivity index (χ1n) is 7.95. The lowest BCUT2D eigenvalue weighted by atomic mass is 9.89. The molecule has 0 atom stereocenters. The highest BCUT2D eigenvalue weighted by Gasteiger charge is 2.20. The number of nitrogens with one attached hydrogen (secondary N) is 1. The summed E-state index contributed by atoms with van der Waals surface area (Å²) < 4.78 is 5.38. The standard InChI is InChI=1S/C17H23N3O/c1-13-7-5-6-10-15(13)18-12-11-16-19-17(20-21-16)14-8-3-2-4-9-14/h5-7,10,14,18H,2-4,8-9,11-12H2,1H3. The van der Waals surface area contributed by atoms with E-state index in [0.717, 1.165) is 24.7 Å². The topological polar surface area (TPSA) is 51.0 Å². The van der Waals surface area contributed by atoms with Gasteiger partial charge in [-0.2, -0.15) is 4.98 Å². The van der Waals surface area contributed by atoms with E-state index in [2.05, 4.69) is 40.6 Å². The molecule has 0 aliphatic heterocycles. The largest absolute Gasteiger partial charge is 0.384 e. The third kappa shape index (κ3) is 3.63. The molecule has 0 amide bonds. The van der Waals surface area contributed by atoms with E-state index in [1.165, 1.54) is 43.4 Å². The van der Waals surface area contributed by atoms with E-state index in [4.69, 9.17) is 4.52 Å². The maximum Gasteiger partial charge on any atom is 0.228 e. The van der Waals surface area contributed by atoms with Crippen LogP contribution in [0.2, 0.25) is 0 Å². The molecule has 1 fully saturated rings. The van der Waals surface area contributed by atoms with Crippen molar-refractivity contribution in [3.8, 4) is 0 Å². The molecule has 4 heteroatoms. The summed E-state index contributed by atoms with van der Waals surface area (Å²) in [6.07, 6.45) is 7.13. The summed E-state index contributed by atoms with van der Waals surface area (Å²) in [5.74, 6) is 2.18. The number of anilines is 1. The minimum atomic E-state index is 0.514. The smallest absolute Gasteiger partial charge is 0.228 e. The highest BCUT2D eigenvalue weighted by molar-refractivity contribution is 5.50.